The fraction of sp³-hybridized carbons (Fsp3) is 0.133. The molecular weight excluding hydrogens is 318 g/mol. The van der Waals surface area contributed by atoms with Crippen LogP contribution in [0.3, 0.4) is 0 Å². The second-order valence-electron chi connectivity index (χ2n) is 4.62. The molecule has 2 aromatic rings. The minimum Gasteiger partial charge on any atom is -0.398 e. The quantitative estimate of drug-likeness (QED) is 0.330. The minimum absolute atomic E-state index is 0.457. The number of anilines is 3. The van der Waals surface area contributed by atoms with Crippen molar-refractivity contribution in [2.75, 3.05) is 17.3 Å². The Kier molecular flexibility index (Phi) is 5.05. The lowest BCUT2D eigenvalue weighted by Crippen LogP contribution is -2.03. The highest BCUT2D eigenvalue weighted by Crippen LogP contribution is 2.34. The predicted octanol–water partition coefficient (Wildman–Crippen LogP) is 4.21. The predicted molar refractivity (Wildman–Crippen MR) is 95.6 cm³/mol. The topological polar surface area (TPSA) is 87.7 Å². The van der Waals surface area contributed by atoms with Crippen LogP contribution in [0.5, 0.6) is 0 Å². The molecule has 1 aromatic heterocycles. The van der Waals surface area contributed by atoms with Gasteiger partial charge in [-0.1, -0.05) is 18.2 Å². The van der Waals surface area contributed by atoms with Gasteiger partial charge >= 0.3 is 0 Å². The van der Waals surface area contributed by atoms with Crippen molar-refractivity contribution >= 4 is 52.3 Å². The van der Waals surface area contributed by atoms with Crippen LogP contribution < -0.4 is 11.1 Å². The van der Waals surface area contributed by atoms with Gasteiger partial charge in [0.05, 0.1) is 16.3 Å². The molecule has 0 spiro atoms. The number of nitrogens with one attached hydrogen (secondary N) is 2. The molecule has 0 saturated carbocycles. The van der Waals surface area contributed by atoms with Gasteiger partial charge in [-0.3, -0.25) is 0 Å². The normalized spacial score (nSPS) is 10.3. The Morgan fingerprint density at radius 2 is 2.18 bits per heavy atom. The van der Waals surface area contributed by atoms with Gasteiger partial charge in [-0.2, -0.15) is 0 Å². The lowest BCUT2D eigenvalue weighted by Gasteiger charge is -2.15. The first-order chi connectivity index (χ1) is 10.5. The Hall–Kier alpha value is -2.05. The summed E-state index contributed by atoms with van der Waals surface area (Å²) in [5, 5.41) is 11.9. The SMILES string of the molecule is C=C(C)c1c(Nc2cc(C=N)c(N)cc2Cl)ncnc1SC. The van der Waals surface area contributed by atoms with Crippen LogP contribution in [0.15, 0.2) is 30.1 Å². The van der Waals surface area contributed by atoms with Gasteiger partial charge in [0.2, 0.25) is 0 Å². The fourth-order valence-electron chi connectivity index (χ4n) is 1.96. The molecule has 1 heterocycles. The van der Waals surface area contributed by atoms with E-state index in [9.17, 15) is 0 Å². The maximum absolute atomic E-state index is 7.39. The first-order valence-corrected chi connectivity index (χ1v) is 7.99. The van der Waals surface area contributed by atoms with E-state index in [0.29, 0.717) is 27.8 Å². The maximum atomic E-state index is 7.39. The highest BCUT2D eigenvalue weighted by Gasteiger charge is 2.14. The Bertz CT molecular complexity index is 745. The van der Waals surface area contributed by atoms with Crippen molar-refractivity contribution in [2.24, 2.45) is 0 Å². The molecule has 4 N–H and O–H groups in total. The van der Waals surface area contributed by atoms with Crippen LogP contribution in [0, 0.1) is 5.41 Å². The van der Waals surface area contributed by atoms with Gasteiger partial charge in [-0.05, 0) is 30.9 Å². The Morgan fingerprint density at radius 3 is 2.77 bits per heavy atom. The van der Waals surface area contributed by atoms with Gasteiger partial charge < -0.3 is 16.5 Å². The largest absolute Gasteiger partial charge is 0.398 e. The summed E-state index contributed by atoms with van der Waals surface area (Å²) in [6.45, 7) is 5.88. The molecule has 0 bridgehead atoms. The number of nitrogen functional groups attached to an aromatic ring is 1. The third kappa shape index (κ3) is 3.23. The van der Waals surface area contributed by atoms with Gasteiger partial charge in [0.25, 0.3) is 0 Å². The van der Waals surface area contributed by atoms with Crippen molar-refractivity contribution in [3.63, 3.8) is 0 Å². The molecule has 2 rings (SSSR count). The third-order valence-corrected chi connectivity index (χ3v) is 4.02. The molecule has 0 saturated heterocycles. The number of rotatable bonds is 5. The number of thioether (sulfide) groups is 1. The smallest absolute Gasteiger partial charge is 0.142 e. The molecule has 0 aliphatic carbocycles. The summed E-state index contributed by atoms with van der Waals surface area (Å²) < 4.78 is 0. The van der Waals surface area contributed by atoms with Gasteiger partial charge in [0, 0.05) is 17.5 Å². The zero-order valence-corrected chi connectivity index (χ0v) is 13.8. The maximum Gasteiger partial charge on any atom is 0.142 e. The van der Waals surface area contributed by atoms with Crippen molar-refractivity contribution < 1.29 is 0 Å². The number of hydrogen-bond donors (Lipinski definition) is 3. The molecule has 0 radical (unpaired) electrons. The molecule has 1 aromatic carbocycles. The number of nitrogens with zero attached hydrogens (tertiary/aromatic N) is 2. The van der Waals surface area contributed by atoms with Crippen molar-refractivity contribution in [2.45, 2.75) is 11.9 Å². The van der Waals surface area contributed by atoms with Crippen LogP contribution in [0.1, 0.15) is 18.1 Å². The lowest BCUT2D eigenvalue weighted by molar-refractivity contribution is 1.04. The van der Waals surface area contributed by atoms with Crippen molar-refractivity contribution in [3.8, 4) is 0 Å². The number of hydrogen-bond acceptors (Lipinski definition) is 6. The summed E-state index contributed by atoms with van der Waals surface area (Å²) in [6.07, 6.45) is 4.62. The van der Waals surface area contributed by atoms with Crippen LogP contribution in [0.4, 0.5) is 17.2 Å². The molecular formula is C15H16ClN5S. The first-order valence-electron chi connectivity index (χ1n) is 6.39. The number of allylic oxidation sites excluding steroid dienone is 1. The van der Waals surface area contributed by atoms with Crippen molar-refractivity contribution in [1.82, 2.24) is 9.97 Å². The first kappa shape index (κ1) is 16.3. The van der Waals surface area contributed by atoms with Gasteiger partial charge in [0.1, 0.15) is 17.2 Å². The molecule has 0 aliphatic heterocycles. The second kappa shape index (κ2) is 6.81. The number of aromatic nitrogens is 2. The highest BCUT2D eigenvalue weighted by molar-refractivity contribution is 7.98. The minimum atomic E-state index is 0.457. The van der Waals surface area contributed by atoms with E-state index >= 15 is 0 Å². The summed E-state index contributed by atoms with van der Waals surface area (Å²) >= 11 is 7.75. The van der Waals surface area contributed by atoms with Crippen LogP contribution in [0.2, 0.25) is 5.02 Å². The molecule has 114 valence electrons. The molecule has 0 atom stereocenters. The van der Waals surface area contributed by atoms with E-state index in [1.807, 2.05) is 13.2 Å². The van der Waals surface area contributed by atoms with Crippen LogP contribution in [-0.2, 0) is 0 Å². The average Bonchev–Trinajstić information content (AvgIpc) is 2.49. The Labute approximate surface area is 138 Å². The molecule has 22 heavy (non-hydrogen) atoms. The Morgan fingerprint density at radius 1 is 1.45 bits per heavy atom. The Balaban J connectivity index is 2.52. The van der Waals surface area contributed by atoms with E-state index in [2.05, 4.69) is 21.9 Å². The monoisotopic (exact) mass is 333 g/mol. The van der Waals surface area contributed by atoms with E-state index in [4.69, 9.17) is 22.7 Å². The van der Waals surface area contributed by atoms with E-state index in [-0.39, 0.29) is 0 Å². The van der Waals surface area contributed by atoms with E-state index in [0.717, 1.165) is 16.2 Å². The molecule has 7 heteroatoms. The summed E-state index contributed by atoms with van der Waals surface area (Å²) in [6, 6.07) is 3.33. The molecule has 0 aliphatic rings. The molecule has 0 unspecified atom stereocenters. The molecule has 5 nitrogen and oxygen atoms in total. The number of halogens is 1. The molecule has 0 fully saturated rings. The summed E-state index contributed by atoms with van der Waals surface area (Å²) in [7, 11) is 0. The highest BCUT2D eigenvalue weighted by atomic mass is 35.5. The third-order valence-electron chi connectivity index (χ3n) is 3.01. The van der Waals surface area contributed by atoms with E-state index in [1.54, 1.807) is 12.1 Å². The molecule has 0 amide bonds. The van der Waals surface area contributed by atoms with E-state index in [1.165, 1.54) is 24.3 Å². The summed E-state index contributed by atoms with van der Waals surface area (Å²) in [4.78, 5) is 8.53. The van der Waals surface area contributed by atoms with Crippen LogP contribution in [-0.4, -0.2) is 22.4 Å². The van der Waals surface area contributed by atoms with Crippen LogP contribution in [0.25, 0.3) is 5.57 Å². The number of nitrogens with two attached hydrogens (primary N) is 1. The summed E-state index contributed by atoms with van der Waals surface area (Å²) in [5.41, 5.74) is 9.18. The standard InChI is InChI=1S/C15H16ClN5S/c1-8(2)13-14(19-7-20-15(13)22-3)21-12-4-9(6-17)11(18)5-10(12)16/h4-7,17H,1,18H2,2-3H3,(H,19,20,21). The number of benzene rings is 1. The van der Waals surface area contributed by atoms with Crippen LogP contribution >= 0.6 is 23.4 Å². The zero-order chi connectivity index (χ0) is 16.3. The average molecular weight is 334 g/mol. The van der Waals surface area contributed by atoms with Gasteiger partial charge in [0.15, 0.2) is 0 Å². The van der Waals surface area contributed by atoms with Gasteiger partial charge in [-0.25, -0.2) is 9.97 Å². The van der Waals surface area contributed by atoms with Crippen molar-refractivity contribution in [1.29, 1.82) is 5.41 Å². The second-order valence-corrected chi connectivity index (χ2v) is 5.82. The fourth-order valence-corrected chi connectivity index (χ4v) is 2.80. The summed E-state index contributed by atoms with van der Waals surface area (Å²) in [5.74, 6) is 0.620. The lowest BCUT2D eigenvalue weighted by atomic mass is 10.1. The van der Waals surface area contributed by atoms with Crippen molar-refractivity contribution in [3.05, 3.63) is 41.2 Å². The van der Waals surface area contributed by atoms with Gasteiger partial charge in [-0.15, -0.1) is 11.8 Å². The van der Waals surface area contributed by atoms with E-state index < -0.39 is 0 Å². The zero-order valence-electron chi connectivity index (χ0n) is 12.3.